The first-order valence-electron chi connectivity index (χ1n) is 4.88. The first kappa shape index (κ1) is 13.0. The van der Waals surface area contributed by atoms with Crippen LogP contribution in [0.5, 0.6) is 0 Å². The number of aliphatic carboxylic acids is 1. The van der Waals surface area contributed by atoms with Crippen LogP contribution in [0.1, 0.15) is 13.3 Å². The fourth-order valence-corrected chi connectivity index (χ4v) is 2.37. The Kier molecular flexibility index (Phi) is 4.75. The second-order valence-corrected chi connectivity index (χ2v) is 4.92. The van der Waals surface area contributed by atoms with Crippen LogP contribution in [0, 0.1) is 0 Å². The summed E-state index contributed by atoms with van der Waals surface area (Å²) in [4.78, 5) is 32.5. The average Bonchev–Trinajstić information content (AvgIpc) is 2.63. The lowest BCUT2D eigenvalue weighted by atomic mass is 10.2. The highest BCUT2D eigenvalue weighted by Crippen LogP contribution is 2.17. The van der Waals surface area contributed by atoms with Crippen LogP contribution < -0.4 is 10.6 Å². The van der Waals surface area contributed by atoms with Gasteiger partial charge in [-0.25, -0.2) is 0 Å². The number of carbonyl (C=O) groups is 3. The molecule has 3 N–H and O–H groups in total. The van der Waals surface area contributed by atoms with Gasteiger partial charge in [0.25, 0.3) is 0 Å². The lowest BCUT2D eigenvalue weighted by molar-refractivity contribution is -0.138. The van der Waals surface area contributed by atoms with Crippen LogP contribution in [0.15, 0.2) is 0 Å². The topological polar surface area (TPSA) is 95.5 Å². The van der Waals surface area contributed by atoms with E-state index in [1.807, 2.05) is 6.92 Å². The molecule has 0 bridgehead atoms. The first-order valence-corrected chi connectivity index (χ1v) is 5.93. The molecule has 6 nitrogen and oxygen atoms in total. The van der Waals surface area contributed by atoms with Crippen LogP contribution in [0.3, 0.4) is 0 Å². The third kappa shape index (κ3) is 3.82. The maximum absolute atomic E-state index is 11.6. The van der Waals surface area contributed by atoms with Crippen LogP contribution in [-0.4, -0.2) is 46.5 Å². The van der Waals surface area contributed by atoms with Crippen LogP contribution in [0.2, 0.25) is 0 Å². The standard InChI is InChI=1S/C9H14N2O4S/c1-5-10-7(4-16-5)9(15)11-6(3-12)2-8(13)14/h3,5-7,10H,2,4H2,1H3,(H,11,15)(H,13,14)/t5?,6-,7?/m0/s1. The van der Waals surface area contributed by atoms with Crippen molar-refractivity contribution in [1.29, 1.82) is 0 Å². The maximum Gasteiger partial charge on any atom is 0.305 e. The largest absolute Gasteiger partial charge is 0.481 e. The van der Waals surface area contributed by atoms with Gasteiger partial charge in [-0.15, -0.1) is 11.8 Å². The van der Waals surface area contributed by atoms with E-state index in [9.17, 15) is 14.4 Å². The van der Waals surface area contributed by atoms with Gasteiger partial charge >= 0.3 is 5.97 Å². The molecule has 1 saturated heterocycles. The summed E-state index contributed by atoms with van der Waals surface area (Å²) in [5.74, 6) is -0.805. The Balaban J connectivity index is 2.42. The molecular formula is C9H14N2O4S. The van der Waals surface area contributed by atoms with Crippen molar-refractivity contribution in [3.05, 3.63) is 0 Å². The van der Waals surface area contributed by atoms with Crippen molar-refractivity contribution in [2.24, 2.45) is 0 Å². The van der Waals surface area contributed by atoms with Gasteiger partial charge in [0.2, 0.25) is 5.91 Å². The van der Waals surface area contributed by atoms with E-state index in [1.165, 1.54) is 0 Å². The lowest BCUT2D eigenvalue weighted by Crippen LogP contribution is -2.48. The van der Waals surface area contributed by atoms with E-state index in [4.69, 9.17) is 5.11 Å². The molecule has 0 spiro atoms. The molecule has 1 aliphatic rings. The van der Waals surface area contributed by atoms with Crippen molar-refractivity contribution in [2.45, 2.75) is 30.8 Å². The fourth-order valence-electron chi connectivity index (χ4n) is 1.38. The summed E-state index contributed by atoms with van der Waals surface area (Å²) in [5.41, 5.74) is 0. The molecule has 1 heterocycles. The van der Waals surface area contributed by atoms with E-state index in [-0.39, 0.29) is 23.7 Å². The smallest absolute Gasteiger partial charge is 0.305 e. The van der Waals surface area contributed by atoms with E-state index in [0.29, 0.717) is 12.0 Å². The number of carboxylic acid groups (broad SMARTS) is 1. The van der Waals surface area contributed by atoms with Gasteiger partial charge < -0.3 is 15.2 Å². The molecule has 7 heteroatoms. The molecule has 1 rings (SSSR count). The highest BCUT2D eigenvalue weighted by Gasteiger charge is 2.28. The molecular weight excluding hydrogens is 232 g/mol. The van der Waals surface area contributed by atoms with Crippen molar-refractivity contribution in [1.82, 2.24) is 10.6 Å². The van der Waals surface area contributed by atoms with Gasteiger partial charge in [0.05, 0.1) is 23.9 Å². The number of aldehydes is 1. The number of nitrogens with one attached hydrogen (secondary N) is 2. The van der Waals surface area contributed by atoms with E-state index >= 15 is 0 Å². The number of carbonyl (C=O) groups excluding carboxylic acids is 2. The van der Waals surface area contributed by atoms with Gasteiger partial charge in [0.15, 0.2) is 0 Å². The van der Waals surface area contributed by atoms with Crippen molar-refractivity contribution >= 4 is 29.9 Å². The van der Waals surface area contributed by atoms with Gasteiger partial charge in [-0.3, -0.25) is 14.9 Å². The van der Waals surface area contributed by atoms with Crippen molar-refractivity contribution in [3.8, 4) is 0 Å². The Hall–Kier alpha value is -1.08. The number of hydrogen-bond acceptors (Lipinski definition) is 5. The molecule has 0 aromatic carbocycles. The van der Waals surface area contributed by atoms with Gasteiger partial charge in [0.1, 0.15) is 6.29 Å². The van der Waals surface area contributed by atoms with E-state index < -0.39 is 12.0 Å². The second-order valence-electron chi connectivity index (χ2n) is 3.54. The molecule has 90 valence electrons. The number of amides is 1. The Morgan fingerprint density at radius 1 is 1.69 bits per heavy atom. The monoisotopic (exact) mass is 246 g/mol. The van der Waals surface area contributed by atoms with Gasteiger partial charge in [-0.1, -0.05) is 0 Å². The molecule has 0 aliphatic carbocycles. The Labute approximate surface area is 97.2 Å². The zero-order valence-electron chi connectivity index (χ0n) is 8.80. The summed E-state index contributed by atoms with van der Waals surface area (Å²) in [6.07, 6.45) is 0.0577. The third-order valence-corrected chi connectivity index (χ3v) is 3.31. The zero-order chi connectivity index (χ0) is 12.1. The molecule has 1 aliphatic heterocycles. The maximum atomic E-state index is 11.6. The molecule has 0 aromatic heterocycles. The van der Waals surface area contributed by atoms with Crippen molar-refractivity contribution in [2.75, 3.05) is 5.75 Å². The average molecular weight is 246 g/mol. The summed E-state index contributed by atoms with van der Waals surface area (Å²) < 4.78 is 0. The highest BCUT2D eigenvalue weighted by molar-refractivity contribution is 8.00. The van der Waals surface area contributed by atoms with Crippen molar-refractivity contribution in [3.63, 3.8) is 0 Å². The summed E-state index contributed by atoms with van der Waals surface area (Å²) >= 11 is 1.61. The minimum absolute atomic E-state index is 0.199. The number of rotatable bonds is 5. The van der Waals surface area contributed by atoms with E-state index in [1.54, 1.807) is 11.8 Å². The third-order valence-electron chi connectivity index (χ3n) is 2.15. The molecule has 1 amide bonds. The van der Waals surface area contributed by atoms with E-state index in [2.05, 4.69) is 10.6 Å². The zero-order valence-corrected chi connectivity index (χ0v) is 9.62. The van der Waals surface area contributed by atoms with E-state index in [0.717, 1.165) is 0 Å². The SMILES string of the molecule is CC1NC(C(=O)N[C@H](C=O)CC(=O)O)CS1. The Bertz CT molecular complexity index is 297. The van der Waals surface area contributed by atoms with Crippen molar-refractivity contribution < 1.29 is 19.5 Å². The number of hydrogen-bond donors (Lipinski definition) is 3. The Morgan fingerprint density at radius 3 is 2.81 bits per heavy atom. The Morgan fingerprint density at radius 2 is 2.38 bits per heavy atom. The minimum atomic E-state index is -1.11. The van der Waals surface area contributed by atoms with Crippen LogP contribution in [0.25, 0.3) is 0 Å². The molecule has 0 aromatic rings. The molecule has 2 unspecified atom stereocenters. The molecule has 0 radical (unpaired) electrons. The number of thioether (sulfide) groups is 1. The lowest BCUT2D eigenvalue weighted by Gasteiger charge is -2.14. The molecule has 16 heavy (non-hydrogen) atoms. The fraction of sp³-hybridized carbons (Fsp3) is 0.667. The summed E-state index contributed by atoms with van der Waals surface area (Å²) in [5, 5.41) is 14.1. The summed E-state index contributed by atoms with van der Waals surface area (Å²) in [7, 11) is 0. The van der Waals surface area contributed by atoms with Gasteiger partial charge in [0, 0.05) is 5.75 Å². The normalized spacial score (nSPS) is 26.1. The number of carboxylic acids is 1. The molecule has 0 saturated carbocycles. The minimum Gasteiger partial charge on any atom is -0.481 e. The predicted octanol–water partition coefficient (Wildman–Crippen LogP) is -0.804. The molecule has 1 fully saturated rings. The van der Waals surface area contributed by atoms with Gasteiger partial charge in [-0.2, -0.15) is 0 Å². The first-order chi connectivity index (χ1) is 7.52. The summed E-state index contributed by atoms with van der Waals surface area (Å²) in [6.45, 7) is 1.94. The van der Waals surface area contributed by atoms with Crippen LogP contribution in [-0.2, 0) is 14.4 Å². The predicted molar refractivity (Wildman–Crippen MR) is 59.1 cm³/mol. The second kappa shape index (κ2) is 5.86. The van der Waals surface area contributed by atoms with Gasteiger partial charge in [-0.05, 0) is 6.92 Å². The summed E-state index contributed by atoms with van der Waals surface area (Å²) in [6, 6.07) is -1.30. The molecule has 3 atom stereocenters. The van der Waals surface area contributed by atoms with Crippen LogP contribution in [0.4, 0.5) is 0 Å². The highest BCUT2D eigenvalue weighted by atomic mass is 32.2. The van der Waals surface area contributed by atoms with Crippen LogP contribution >= 0.6 is 11.8 Å². The quantitative estimate of drug-likeness (QED) is 0.549.